The molecule has 0 N–H and O–H groups in total. The Morgan fingerprint density at radius 1 is 0.667 bits per heavy atom. The molecule has 6 saturated carbocycles. The van der Waals surface area contributed by atoms with Crippen LogP contribution in [0.1, 0.15) is 38.5 Å². The SMILES string of the molecule is c1cc(SC23CC(C2)C3)ccc1SC12CC(C1)C2. The van der Waals surface area contributed by atoms with E-state index in [1.807, 2.05) is 0 Å². The molecule has 1 aromatic carbocycles. The monoisotopic (exact) mass is 274 g/mol. The van der Waals surface area contributed by atoms with Crippen molar-refractivity contribution in [3.05, 3.63) is 24.3 Å². The van der Waals surface area contributed by atoms with Crippen molar-refractivity contribution in [3.63, 3.8) is 0 Å². The van der Waals surface area contributed by atoms with Crippen LogP contribution in [0.4, 0.5) is 0 Å². The smallest absolute Gasteiger partial charge is 0.0215 e. The molecule has 1 aromatic rings. The summed E-state index contributed by atoms with van der Waals surface area (Å²) in [5, 5.41) is 0. The van der Waals surface area contributed by atoms with E-state index in [9.17, 15) is 0 Å². The van der Waals surface area contributed by atoms with E-state index in [-0.39, 0.29) is 0 Å². The number of hydrogen-bond acceptors (Lipinski definition) is 2. The third-order valence-electron chi connectivity index (χ3n) is 5.46. The van der Waals surface area contributed by atoms with E-state index in [0.717, 1.165) is 11.8 Å². The normalized spacial score (nSPS) is 46.4. The molecule has 7 rings (SSSR count). The van der Waals surface area contributed by atoms with Gasteiger partial charge >= 0.3 is 0 Å². The molecule has 0 nitrogen and oxygen atoms in total. The van der Waals surface area contributed by atoms with Gasteiger partial charge in [0.05, 0.1) is 0 Å². The summed E-state index contributed by atoms with van der Waals surface area (Å²) in [5.74, 6) is 2.19. The van der Waals surface area contributed by atoms with Gasteiger partial charge in [-0.25, -0.2) is 0 Å². The third kappa shape index (κ3) is 1.42. The van der Waals surface area contributed by atoms with Gasteiger partial charge in [-0.05, 0) is 74.6 Å². The molecule has 0 spiro atoms. The van der Waals surface area contributed by atoms with Crippen LogP contribution >= 0.6 is 23.5 Å². The van der Waals surface area contributed by atoms with Crippen LogP contribution in [0.25, 0.3) is 0 Å². The molecule has 2 heteroatoms. The Balaban J connectivity index is 1.28. The van der Waals surface area contributed by atoms with Crippen LogP contribution in [0.5, 0.6) is 0 Å². The highest BCUT2D eigenvalue weighted by molar-refractivity contribution is 8.01. The van der Waals surface area contributed by atoms with Crippen molar-refractivity contribution in [2.45, 2.75) is 57.8 Å². The quantitative estimate of drug-likeness (QED) is 0.760. The highest BCUT2D eigenvalue weighted by Crippen LogP contribution is 2.67. The Morgan fingerprint density at radius 2 is 1.00 bits per heavy atom. The molecule has 6 fully saturated rings. The predicted octanol–water partition coefficient (Wildman–Crippen LogP) is 4.98. The molecule has 0 unspecified atom stereocenters. The van der Waals surface area contributed by atoms with Crippen LogP contribution in [-0.4, -0.2) is 9.49 Å². The van der Waals surface area contributed by atoms with Crippen LogP contribution in [0.3, 0.4) is 0 Å². The predicted molar refractivity (Wildman–Crippen MR) is 78.3 cm³/mol. The number of rotatable bonds is 4. The summed E-state index contributed by atoms with van der Waals surface area (Å²) in [6.45, 7) is 0. The van der Waals surface area contributed by atoms with Crippen molar-refractivity contribution in [1.29, 1.82) is 0 Å². The summed E-state index contributed by atoms with van der Waals surface area (Å²) in [7, 11) is 0. The summed E-state index contributed by atoms with van der Waals surface area (Å²) in [4.78, 5) is 2.99. The van der Waals surface area contributed by atoms with E-state index >= 15 is 0 Å². The van der Waals surface area contributed by atoms with Gasteiger partial charge in [0.2, 0.25) is 0 Å². The van der Waals surface area contributed by atoms with E-state index in [2.05, 4.69) is 47.8 Å². The van der Waals surface area contributed by atoms with Crippen molar-refractivity contribution < 1.29 is 0 Å². The fourth-order valence-corrected chi connectivity index (χ4v) is 7.58. The first kappa shape index (κ1) is 10.7. The molecule has 18 heavy (non-hydrogen) atoms. The largest absolute Gasteiger partial charge is 0.119 e. The van der Waals surface area contributed by atoms with Gasteiger partial charge in [-0.15, -0.1) is 23.5 Å². The van der Waals surface area contributed by atoms with Crippen molar-refractivity contribution >= 4 is 23.5 Å². The maximum absolute atomic E-state index is 2.36. The molecular weight excluding hydrogens is 256 g/mol. The molecular formula is C16H18S2. The fraction of sp³-hybridized carbons (Fsp3) is 0.625. The third-order valence-corrected chi connectivity index (χ3v) is 8.34. The lowest BCUT2D eigenvalue weighted by molar-refractivity contribution is 0.0578. The van der Waals surface area contributed by atoms with Gasteiger partial charge < -0.3 is 0 Å². The van der Waals surface area contributed by atoms with E-state index < -0.39 is 0 Å². The fourth-order valence-electron chi connectivity index (χ4n) is 4.12. The minimum absolute atomic E-state index is 0.674. The van der Waals surface area contributed by atoms with E-state index in [0.29, 0.717) is 9.49 Å². The Kier molecular flexibility index (Phi) is 1.97. The summed E-state index contributed by atoms with van der Waals surface area (Å²) in [5.41, 5.74) is 0. The van der Waals surface area contributed by atoms with Gasteiger partial charge in [-0.1, -0.05) is 0 Å². The molecule has 0 heterocycles. The molecule has 94 valence electrons. The molecule has 0 saturated heterocycles. The summed E-state index contributed by atoms with van der Waals surface area (Å²) < 4.78 is 1.35. The van der Waals surface area contributed by atoms with E-state index in [4.69, 9.17) is 0 Å². The second-order valence-electron chi connectivity index (χ2n) is 7.00. The number of hydrogen-bond donors (Lipinski definition) is 0. The topological polar surface area (TPSA) is 0 Å². The van der Waals surface area contributed by atoms with Crippen LogP contribution in [0, 0.1) is 11.8 Å². The lowest BCUT2D eigenvalue weighted by atomic mass is 9.55. The molecule has 6 aliphatic carbocycles. The number of benzene rings is 1. The average molecular weight is 274 g/mol. The molecule has 0 aromatic heterocycles. The second-order valence-corrected chi connectivity index (χ2v) is 10.1. The minimum Gasteiger partial charge on any atom is -0.119 e. The zero-order valence-electron chi connectivity index (χ0n) is 10.5. The van der Waals surface area contributed by atoms with E-state index in [1.54, 1.807) is 0 Å². The van der Waals surface area contributed by atoms with Crippen molar-refractivity contribution in [3.8, 4) is 0 Å². The van der Waals surface area contributed by atoms with Gasteiger partial charge in [-0.3, -0.25) is 0 Å². The Bertz CT molecular complexity index is 423. The highest BCUT2D eigenvalue weighted by atomic mass is 32.2. The first-order chi connectivity index (χ1) is 8.73. The minimum atomic E-state index is 0.674. The first-order valence-corrected chi connectivity index (χ1v) is 8.84. The Labute approximate surface area is 117 Å². The highest BCUT2D eigenvalue weighted by Gasteiger charge is 2.57. The van der Waals surface area contributed by atoms with Crippen molar-refractivity contribution in [2.75, 3.05) is 0 Å². The molecule has 4 bridgehead atoms. The zero-order chi connectivity index (χ0) is 11.8. The Morgan fingerprint density at radius 3 is 1.22 bits per heavy atom. The maximum atomic E-state index is 2.36. The molecule has 0 radical (unpaired) electrons. The molecule has 0 amide bonds. The molecule has 6 aliphatic rings. The maximum Gasteiger partial charge on any atom is 0.0215 e. The molecule has 0 aliphatic heterocycles. The number of thioether (sulfide) groups is 2. The van der Waals surface area contributed by atoms with E-state index in [1.165, 1.54) is 48.3 Å². The standard InChI is InChI=1S/C16H18S2/c1-2-14(18-16-8-12(9-16)10-16)4-3-13(1)17-15-5-11(6-15)7-15/h1-4,11-12H,5-10H2. The second kappa shape index (κ2) is 3.32. The van der Waals surface area contributed by atoms with Gasteiger partial charge in [0.1, 0.15) is 0 Å². The molecule has 0 atom stereocenters. The van der Waals surface area contributed by atoms with Crippen molar-refractivity contribution in [1.82, 2.24) is 0 Å². The zero-order valence-corrected chi connectivity index (χ0v) is 12.2. The van der Waals surface area contributed by atoms with Crippen LogP contribution < -0.4 is 0 Å². The van der Waals surface area contributed by atoms with Gasteiger partial charge in [0.15, 0.2) is 0 Å². The average Bonchev–Trinajstić information content (AvgIpc) is 2.16. The summed E-state index contributed by atoms with van der Waals surface area (Å²) in [6.07, 6.45) is 8.91. The van der Waals surface area contributed by atoms with Gasteiger partial charge in [0, 0.05) is 19.3 Å². The van der Waals surface area contributed by atoms with Crippen LogP contribution in [-0.2, 0) is 0 Å². The van der Waals surface area contributed by atoms with Gasteiger partial charge in [0.25, 0.3) is 0 Å². The summed E-state index contributed by atoms with van der Waals surface area (Å²) in [6, 6.07) is 9.44. The lowest BCUT2D eigenvalue weighted by Crippen LogP contribution is -2.55. The summed E-state index contributed by atoms with van der Waals surface area (Å²) >= 11 is 4.29. The van der Waals surface area contributed by atoms with Crippen LogP contribution in [0.2, 0.25) is 0 Å². The van der Waals surface area contributed by atoms with Crippen LogP contribution in [0.15, 0.2) is 34.1 Å². The first-order valence-electron chi connectivity index (χ1n) is 7.21. The van der Waals surface area contributed by atoms with Gasteiger partial charge in [-0.2, -0.15) is 0 Å². The lowest BCUT2D eigenvalue weighted by Gasteiger charge is -2.61. The van der Waals surface area contributed by atoms with Crippen molar-refractivity contribution in [2.24, 2.45) is 11.8 Å². The Hall–Kier alpha value is -0.0800.